The van der Waals surface area contributed by atoms with E-state index in [0.717, 1.165) is 18.5 Å². The van der Waals surface area contributed by atoms with E-state index in [1.807, 2.05) is 47.4 Å². The molecule has 1 fully saturated rings. The first-order valence-electron chi connectivity index (χ1n) is 10.6. The molecule has 1 aliphatic heterocycles. The van der Waals surface area contributed by atoms with Crippen LogP contribution in [0.15, 0.2) is 48.7 Å². The van der Waals surface area contributed by atoms with Crippen LogP contribution in [0, 0.1) is 0 Å². The van der Waals surface area contributed by atoms with Crippen molar-refractivity contribution in [3.05, 3.63) is 65.5 Å². The van der Waals surface area contributed by atoms with Crippen molar-refractivity contribution in [3.8, 4) is 0 Å². The predicted molar refractivity (Wildman–Crippen MR) is 115 cm³/mol. The van der Waals surface area contributed by atoms with Gasteiger partial charge >= 0.3 is 0 Å². The smallest absolute Gasteiger partial charge is 0.228 e. The second kappa shape index (κ2) is 10.7. The maximum Gasteiger partial charge on any atom is 0.228 e. The average molecular weight is 408 g/mol. The minimum absolute atomic E-state index is 0.00649. The number of aryl methyl sites for hydroxylation is 1. The van der Waals surface area contributed by atoms with E-state index in [2.05, 4.69) is 11.9 Å². The van der Waals surface area contributed by atoms with Gasteiger partial charge in [-0.25, -0.2) is 0 Å². The quantitative estimate of drug-likeness (QED) is 0.662. The summed E-state index contributed by atoms with van der Waals surface area (Å²) in [5, 5.41) is 0. The Bertz CT molecular complexity index is 865. The maximum atomic E-state index is 12.6. The number of hydrogen-bond acceptors (Lipinski definition) is 4. The molecule has 1 saturated heterocycles. The molecule has 6 heteroatoms. The van der Waals surface area contributed by atoms with Crippen molar-refractivity contribution in [3.63, 3.8) is 0 Å². The van der Waals surface area contributed by atoms with Gasteiger partial charge in [0.1, 0.15) is 0 Å². The standard InChI is InChI=1S/C24H29N3O3/c1-2-19-7-9-20(10-8-19)22(28)11-12-23(29)26-14-5-15-27(17-16-26)24(30)18-21-6-3-4-13-25-21/h3-4,6-10,13H,2,5,11-12,14-18H2,1H3. The number of ketones is 1. The molecule has 6 nitrogen and oxygen atoms in total. The van der Waals surface area contributed by atoms with Gasteiger partial charge in [-0.3, -0.25) is 19.4 Å². The zero-order valence-corrected chi connectivity index (χ0v) is 17.5. The Hall–Kier alpha value is -3.02. The summed E-state index contributed by atoms with van der Waals surface area (Å²) in [6.45, 7) is 4.35. The third-order valence-corrected chi connectivity index (χ3v) is 5.51. The molecule has 2 heterocycles. The number of amides is 2. The number of pyridine rings is 1. The van der Waals surface area contributed by atoms with Gasteiger partial charge in [-0.2, -0.15) is 0 Å². The van der Waals surface area contributed by atoms with Crippen molar-refractivity contribution in [2.75, 3.05) is 26.2 Å². The van der Waals surface area contributed by atoms with E-state index in [-0.39, 0.29) is 36.9 Å². The van der Waals surface area contributed by atoms with Crippen LogP contribution in [-0.4, -0.2) is 58.6 Å². The first kappa shape index (κ1) is 21.7. The minimum Gasteiger partial charge on any atom is -0.341 e. The zero-order valence-electron chi connectivity index (χ0n) is 17.5. The van der Waals surface area contributed by atoms with Crippen molar-refractivity contribution in [1.82, 2.24) is 14.8 Å². The number of benzene rings is 1. The van der Waals surface area contributed by atoms with Crippen LogP contribution in [0.3, 0.4) is 0 Å². The number of aromatic nitrogens is 1. The van der Waals surface area contributed by atoms with E-state index >= 15 is 0 Å². The fourth-order valence-corrected chi connectivity index (χ4v) is 3.63. The minimum atomic E-state index is -0.0208. The molecule has 158 valence electrons. The topological polar surface area (TPSA) is 70.6 Å². The first-order chi connectivity index (χ1) is 14.6. The second-order valence-corrected chi connectivity index (χ2v) is 7.59. The predicted octanol–water partition coefficient (Wildman–Crippen LogP) is 2.91. The number of nitrogens with zero attached hydrogens (tertiary/aromatic N) is 3. The maximum absolute atomic E-state index is 12.6. The molecule has 0 bridgehead atoms. The highest BCUT2D eigenvalue weighted by molar-refractivity contribution is 5.98. The van der Waals surface area contributed by atoms with Crippen molar-refractivity contribution < 1.29 is 14.4 Å². The molecular weight excluding hydrogens is 378 g/mol. The highest BCUT2D eigenvalue weighted by Gasteiger charge is 2.22. The Kier molecular flexibility index (Phi) is 7.71. The third kappa shape index (κ3) is 5.99. The van der Waals surface area contributed by atoms with Crippen LogP contribution < -0.4 is 0 Å². The summed E-state index contributed by atoms with van der Waals surface area (Å²) in [6, 6.07) is 13.1. The molecule has 0 atom stereocenters. The summed E-state index contributed by atoms with van der Waals surface area (Å²) in [7, 11) is 0. The average Bonchev–Trinajstić information content (AvgIpc) is 3.04. The highest BCUT2D eigenvalue weighted by Crippen LogP contribution is 2.12. The normalized spacial score (nSPS) is 14.3. The molecule has 30 heavy (non-hydrogen) atoms. The van der Waals surface area contributed by atoms with Crippen molar-refractivity contribution in [1.29, 1.82) is 0 Å². The van der Waals surface area contributed by atoms with Gasteiger partial charge in [0.05, 0.1) is 6.42 Å². The zero-order chi connectivity index (χ0) is 21.3. The van der Waals surface area contributed by atoms with E-state index in [4.69, 9.17) is 0 Å². The fraction of sp³-hybridized carbons (Fsp3) is 0.417. The number of Topliss-reactive ketones (excluding diaryl/α,β-unsaturated/α-hetero) is 1. The summed E-state index contributed by atoms with van der Waals surface area (Å²) in [5.74, 6) is 0.00856. The Morgan fingerprint density at radius 2 is 1.57 bits per heavy atom. The Morgan fingerprint density at radius 1 is 0.867 bits per heavy atom. The highest BCUT2D eigenvalue weighted by atomic mass is 16.2. The van der Waals surface area contributed by atoms with Gasteiger partial charge in [0.2, 0.25) is 11.8 Å². The number of carbonyl (C=O) groups excluding carboxylic acids is 3. The first-order valence-corrected chi connectivity index (χ1v) is 10.6. The number of rotatable bonds is 7. The molecule has 0 radical (unpaired) electrons. The van der Waals surface area contributed by atoms with Crippen molar-refractivity contribution >= 4 is 17.6 Å². The van der Waals surface area contributed by atoms with Gasteiger partial charge in [0.25, 0.3) is 0 Å². The van der Waals surface area contributed by atoms with E-state index in [1.165, 1.54) is 5.56 Å². The van der Waals surface area contributed by atoms with E-state index in [9.17, 15) is 14.4 Å². The van der Waals surface area contributed by atoms with E-state index < -0.39 is 0 Å². The Balaban J connectivity index is 1.46. The summed E-state index contributed by atoms with van der Waals surface area (Å²) in [5.41, 5.74) is 2.60. The Morgan fingerprint density at radius 3 is 2.20 bits per heavy atom. The van der Waals surface area contributed by atoms with Crippen molar-refractivity contribution in [2.45, 2.75) is 39.0 Å². The molecule has 1 aromatic carbocycles. The lowest BCUT2D eigenvalue weighted by Crippen LogP contribution is -2.38. The number of carbonyl (C=O) groups is 3. The van der Waals surface area contributed by atoms with Crippen LogP contribution in [0.25, 0.3) is 0 Å². The molecule has 0 unspecified atom stereocenters. The van der Waals surface area contributed by atoms with Gasteiger partial charge in [-0.1, -0.05) is 37.3 Å². The van der Waals surface area contributed by atoms with Gasteiger partial charge < -0.3 is 9.80 Å². The van der Waals surface area contributed by atoms with Gasteiger partial charge in [-0.05, 0) is 30.5 Å². The molecule has 0 spiro atoms. The largest absolute Gasteiger partial charge is 0.341 e. The van der Waals surface area contributed by atoms with Crippen molar-refractivity contribution in [2.24, 2.45) is 0 Å². The Labute approximate surface area is 177 Å². The van der Waals surface area contributed by atoms with Gasteiger partial charge in [0.15, 0.2) is 5.78 Å². The lowest BCUT2D eigenvalue weighted by Gasteiger charge is -2.22. The van der Waals surface area contributed by atoms with Crippen LogP contribution in [-0.2, 0) is 22.4 Å². The molecule has 2 amide bonds. The second-order valence-electron chi connectivity index (χ2n) is 7.59. The van der Waals surface area contributed by atoms with Crippen LogP contribution in [0.5, 0.6) is 0 Å². The molecule has 3 rings (SSSR count). The monoisotopic (exact) mass is 407 g/mol. The summed E-state index contributed by atoms with van der Waals surface area (Å²) in [4.78, 5) is 45.4. The fourth-order valence-electron chi connectivity index (χ4n) is 3.63. The van der Waals surface area contributed by atoms with E-state index in [1.54, 1.807) is 11.1 Å². The van der Waals surface area contributed by atoms with Gasteiger partial charge in [-0.15, -0.1) is 0 Å². The summed E-state index contributed by atoms with van der Waals surface area (Å²) >= 11 is 0. The SMILES string of the molecule is CCc1ccc(C(=O)CCC(=O)N2CCCN(C(=O)Cc3ccccn3)CC2)cc1. The summed E-state index contributed by atoms with van der Waals surface area (Å²) < 4.78 is 0. The van der Waals surface area contributed by atoms with Crippen LogP contribution in [0.2, 0.25) is 0 Å². The molecule has 1 aromatic heterocycles. The molecular formula is C24H29N3O3. The van der Waals surface area contributed by atoms with Gasteiger partial charge in [0, 0.05) is 56.5 Å². The number of hydrogen-bond donors (Lipinski definition) is 0. The lowest BCUT2D eigenvalue weighted by atomic mass is 10.0. The summed E-state index contributed by atoms with van der Waals surface area (Å²) in [6.07, 6.45) is 4.06. The van der Waals surface area contributed by atoms with Crippen LogP contribution in [0.4, 0.5) is 0 Å². The van der Waals surface area contributed by atoms with E-state index in [0.29, 0.717) is 31.7 Å². The third-order valence-electron chi connectivity index (χ3n) is 5.51. The molecule has 1 aliphatic rings. The van der Waals surface area contributed by atoms with Crippen LogP contribution >= 0.6 is 0 Å². The molecule has 0 aliphatic carbocycles. The molecule has 2 aromatic rings. The lowest BCUT2D eigenvalue weighted by molar-refractivity contribution is -0.133. The molecule has 0 saturated carbocycles. The molecule has 0 N–H and O–H groups in total. The van der Waals surface area contributed by atoms with Crippen LogP contribution in [0.1, 0.15) is 47.8 Å².